The van der Waals surface area contributed by atoms with E-state index in [9.17, 15) is 14.4 Å². The number of nitrogens with one attached hydrogen (secondary N) is 2. The summed E-state index contributed by atoms with van der Waals surface area (Å²) < 4.78 is 1.36. The molecule has 0 radical (unpaired) electrons. The van der Waals surface area contributed by atoms with E-state index in [1.807, 2.05) is 0 Å². The van der Waals surface area contributed by atoms with Crippen LogP contribution in [0.4, 0.5) is 5.82 Å². The Labute approximate surface area is 170 Å². The van der Waals surface area contributed by atoms with Crippen LogP contribution in [0.3, 0.4) is 0 Å². The monoisotopic (exact) mass is 418 g/mol. The van der Waals surface area contributed by atoms with Gasteiger partial charge in [-0.3, -0.25) is 19.0 Å². The Balaban J connectivity index is 2.05. The normalized spacial score (nSPS) is 10.7. The minimum absolute atomic E-state index is 0.0664. The summed E-state index contributed by atoms with van der Waals surface area (Å²) in [5.41, 5.74) is 0.873. The second kappa shape index (κ2) is 8.00. The van der Waals surface area contributed by atoms with Crippen molar-refractivity contribution in [2.75, 3.05) is 11.9 Å². The van der Waals surface area contributed by atoms with E-state index in [1.165, 1.54) is 29.8 Å². The van der Waals surface area contributed by atoms with Gasteiger partial charge in [-0.25, -0.2) is 4.98 Å². The fraction of sp³-hybridized carbons (Fsp3) is 0.158. The van der Waals surface area contributed by atoms with Gasteiger partial charge in [0.05, 0.1) is 21.1 Å². The molecule has 2 heterocycles. The molecule has 9 heteroatoms. The van der Waals surface area contributed by atoms with Gasteiger partial charge < -0.3 is 10.6 Å². The number of halogens is 2. The first-order chi connectivity index (χ1) is 13.3. The highest BCUT2D eigenvalue weighted by atomic mass is 35.5. The van der Waals surface area contributed by atoms with Crippen LogP contribution < -0.4 is 10.6 Å². The zero-order chi connectivity index (χ0) is 20.4. The molecule has 2 aromatic heterocycles. The van der Waals surface area contributed by atoms with Crippen molar-refractivity contribution in [1.82, 2.24) is 14.9 Å². The molecule has 7 nitrogen and oxygen atoms in total. The lowest BCUT2D eigenvalue weighted by molar-refractivity contribution is -0.114. The first-order valence-corrected chi connectivity index (χ1v) is 9.14. The molecule has 0 spiro atoms. The molecule has 0 atom stereocenters. The number of hydrogen-bond acceptors (Lipinski definition) is 4. The number of benzene rings is 1. The molecule has 0 fully saturated rings. The third-order valence-corrected chi connectivity index (χ3v) is 4.58. The maximum Gasteiger partial charge on any atom is 0.265 e. The molecule has 2 N–H and O–H groups in total. The molecule has 3 rings (SSSR count). The molecular weight excluding hydrogens is 403 g/mol. The number of aromatic nitrogens is 2. The van der Waals surface area contributed by atoms with Crippen LogP contribution >= 0.6 is 23.2 Å². The first kappa shape index (κ1) is 19.9. The quantitative estimate of drug-likeness (QED) is 0.674. The van der Waals surface area contributed by atoms with Crippen molar-refractivity contribution in [1.29, 1.82) is 0 Å². The van der Waals surface area contributed by atoms with Gasteiger partial charge in [0, 0.05) is 36.8 Å². The van der Waals surface area contributed by atoms with Gasteiger partial charge in [0.25, 0.3) is 11.8 Å². The Hall–Kier alpha value is -2.90. The highest BCUT2D eigenvalue weighted by molar-refractivity contribution is 6.40. The SMILES string of the molecule is CCNC(=O)c1cc(Cl)c(C(=O)n2ccc3c(NC(C)=O)nccc32)c(Cl)c1. The molecule has 1 aromatic carbocycles. The van der Waals surface area contributed by atoms with Crippen LogP contribution in [0.5, 0.6) is 0 Å². The lowest BCUT2D eigenvalue weighted by atomic mass is 10.1. The van der Waals surface area contributed by atoms with E-state index < -0.39 is 5.91 Å². The first-order valence-electron chi connectivity index (χ1n) is 8.39. The van der Waals surface area contributed by atoms with Gasteiger partial charge in [0.15, 0.2) is 0 Å². The summed E-state index contributed by atoms with van der Waals surface area (Å²) in [5, 5.41) is 6.00. The summed E-state index contributed by atoms with van der Waals surface area (Å²) in [5.74, 6) is -0.721. The van der Waals surface area contributed by atoms with E-state index in [0.29, 0.717) is 23.3 Å². The number of pyridine rings is 1. The summed E-state index contributed by atoms with van der Waals surface area (Å²) in [4.78, 5) is 40.6. The summed E-state index contributed by atoms with van der Waals surface area (Å²) in [7, 11) is 0. The van der Waals surface area contributed by atoms with E-state index in [-0.39, 0.29) is 33.0 Å². The third kappa shape index (κ3) is 3.72. The van der Waals surface area contributed by atoms with Crippen LogP contribution in [-0.2, 0) is 4.79 Å². The zero-order valence-electron chi connectivity index (χ0n) is 15.0. The minimum Gasteiger partial charge on any atom is -0.352 e. The summed E-state index contributed by atoms with van der Waals surface area (Å²) in [6, 6.07) is 6.11. The standard InChI is InChI=1S/C19H16Cl2N4O3/c1-3-22-18(27)11-8-13(20)16(14(21)9-11)19(28)25-7-5-12-15(25)4-6-23-17(12)24-10(2)26/h4-9H,3H2,1-2H3,(H,22,27)(H,23,24,26). The second-order valence-electron chi connectivity index (χ2n) is 5.94. The maximum absolute atomic E-state index is 13.1. The molecular formula is C19H16Cl2N4O3. The average molecular weight is 419 g/mol. The Morgan fingerprint density at radius 3 is 2.43 bits per heavy atom. The highest BCUT2D eigenvalue weighted by Gasteiger charge is 2.21. The maximum atomic E-state index is 13.1. The molecule has 0 bridgehead atoms. The van der Waals surface area contributed by atoms with Crippen molar-refractivity contribution in [2.24, 2.45) is 0 Å². The van der Waals surface area contributed by atoms with Gasteiger partial charge in [0.1, 0.15) is 5.82 Å². The average Bonchev–Trinajstić information content (AvgIpc) is 3.06. The van der Waals surface area contributed by atoms with Gasteiger partial charge in [-0.05, 0) is 31.2 Å². The topological polar surface area (TPSA) is 93.1 Å². The van der Waals surface area contributed by atoms with Gasteiger partial charge in [-0.15, -0.1) is 0 Å². The number of carbonyl (C=O) groups is 3. The lowest BCUT2D eigenvalue weighted by Crippen LogP contribution is -2.23. The van der Waals surface area contributed by atoms with E-state index in [2.05, 4.69) is 15.6 Å². The fourth-order valence-electron chi connectivity index (χ4n) is 2.80. The van der Waals surface area contributed by atoms with E-state index in [4.69, 9.17) is 23.2 Å². The number of anilines is 1. The van der Waals surface area contributed by atoms with E-state index in [0.717, 1.165) is 0 Å². The van der Waals surface area contributed by atoms with Crippen molar-refractivity contribution in [3.05, 3.63) is 57.8 Å². The molecule has 0 saturated carbocycles. The lowest BCUT2D eigenvalue weighted by Gasteiger charge is -2.11. The smallest absolute Gasteiger partial charge is 0.265 e. The molecule has 0 aliphatic carbocycles. The van der Waals surface area contributed by atoms with Crippen molar-refractivity contribution in [3.63, 3.8) is 0 Å². The van der Waals surface area contributed by atoms with Crippen LogP contribution in [0.1, 0.15) is 34.6 Å². The second-order valence-corrected chi connectivity index (χ2v) is 6.75. The molecule has 0 unspecified atom stereocenters. The molecule has 0 aliphatic heterocycles. The number of carbonyl (C=O) groups excluding carboxylic acids is 3. The largest absolute Gasteiger partial charge is 0.352 e. The van der Waals surface area contributed by atoms with E-state index in [1.54, 1.807) is 25.3 Å². The third-order valence-electron chi connectivity index (χ3n) is 3.99. The van der Waals surface area contributed by atoms with Crippen molar-refractivity contribution in [3.8, 4) is 0 Å². The number of amides is 2. The molecule has 2 amide bonds. The van der Waals surface area contributed by atoms with Crippen LogP contribution in [-0.4, -0.2) is 33.8 Å². The molecule has 144 valence electrons. The summed E-state index contributed by atoms with van der Waals surface area (Å²) in [6.07, 6.45) is 3.03. The fourth-order valence-corrected chi connectivity index (χ4v) is 3.45. The highest BCUT2D eigenvalue weighted by Crippen LogP contribution is 2.30. The van der Waals surface area contributed by atoms with Crippen molar-refractivity contribution < 1.29 is 14.4 Å². The van der Waals surface area contributed by atoms with Gasteiger partial charge in [-0.1, -0.05) is 23.2 Å². The number of fused-ring (bicyclic) bond motifs is 1. The Morgan fingerprint density at radius 2 is 1.82 bits per heavy atom. The number of rotatable bonds is 4. The van der Waals surface area contributed by atoms with Gasteiger partial charge in [0.2, 0.25) is 5.91 Å². The summed E-state index contributed by atoms with van der Waals surface area (Å²) in [6.45, 7) is 3.62. The Bertz CT molecular complexity index is 1080. The van der Waals surface area contributed by atoms with E-state index >= 15 is 0 Å². The Kier molecular flexibility index (Phi) is 5.67. The molecule has 0 aliphatic rings. The van der Waals surface area contributed by atoms with Gasteiger partial charge in [-0.2, -0.15) is 0 Å². The number of nitrogens with zero attached hydrogens (tertiary/aromatic N) is 2. The molecule has 3 aromatic rings. The van der Waals surface area contributed by atoms with Crippen LogP contribution in [0.15, 0.2) is 36.7 Å². The predicted molar refractivity (Wildman–Crippen MR) is 108 cm³/mol. The van der Waals surface area contributed by atoms with Crippen molar-refractivity contribution >= 4 is 57.6 Å². The zero-order valence-corrected chi connectivity index (χ0v) is 16.6. The minimum atomic E-state index is -0.465. The molecule has 0 saturated heterocycles. The van der Waals surface area contributed by atoms with Crippen LogP contribution in [0, 0.1) is 0 Å². The summed E-state index contributed by atoms with van der Waals surface area (Å²) >= 11 is 12.5. The predicted octanol–water partition coefficient (Wildman–Crippen LogP) is 3.74. The van der Waals surface area contributed by atoms with Crippen LogP contribution in [0.25, 0.3) is 10.9 Å². The Morgan fingerprint density at radius 1 is 1.14 bits per heavy atom. The van der Waals surface area contributed by atoms with Crippen LogP contribution in [0.2, 0.25) is 10.0 Å². The van der Waals surface area contributed by atoms with Gasteiger partial charge >= 0.3 is 0 Å². The number of hydrogen-bond donors (Lipinski definition) is 2. The van der Waals surface area contributed by atoms with Crippen molar-refractivity contribution in [2.45, 2.75) is 13.8 Å². The molecule has 28 heavy (non-hydrogen) atoms.